The lowest BCUT2D eigenvalue weighted by Gasteiger charge is -2.08. The van der Waals surface area contributed by atoms with Crippen LogP contribution >= 0.6 is 0 Å². The van der Waals surface area contributed by atoms with Crippen LogP contribution in [0.2, 0.25) is 0 Å². The number of hydrogen-bond donors (Lipinski definition) is 0. The molecule has 0 aromatic heterocycles. The van der Waals surface area contributed by atoms with Crippen molar-refractivity contribution >= 4 is 11.9 Å². The van der Waals surface area contributed by atoms with Crippen LogP contribution in [0.5, 0.6) is 0 Å². The van der Waals surface area contributed by atoms with Crippen LogP contribution in [0.25, 0.3) is 22.3 Å². The molecule has 0 N–H and O–H groups in total. The van der Waals surface area contributed by atoms with Gasteiger partial charge in [0, 0.05) is 0 Å². The van der Waals surface area contributed by atoms with E-state index in [4.69, 9.17) is 9.47 Å². The van der Waals surface area contributed by atoms with E-state index in [1.165, 1.54) is 0 Å². The van der Waals surface area contributed by atoms with Crippen molar-refractivity contribution in [2.24, 2.45) is 0 Å². The van der Waals surface area contributed by atoms with Crippen molar-refractivity contribution in [1.29, 1.82) is 0 Å². The van der Waals surface area contributed by atoms with E-state index in [2.05, 4.69) is 0 Å². The van der Waals surface area contributed by atoms with Crippen LogP contribution in [0.4, 0.5) is 0 Å². The van der Waals surface area contributed by atoms with Crippen molar-refractivity contribution in [2.75, 3.05) is 0 Å². The molecule has 0 radical (unpaired) electrons. The highest BCUT2D eigenvalue weighted by molar-refractivity contribution is 5.91. The lowest BCUT2D eigenvalue weighted by molar-refractivity contribution is -0.156. The van der Waals surface area contributed by atoms with Gasteiger partial charge in [0.05, 0.1) is 0 Å². The maximum absolute atomic E-state index is 12.0. The highest BCUT2D eigenvalue weighted by atomic mass is 16.6. The first-order chi connectivity index (χ1) is 16.2. The molecule has 33 heavy (non-hydrogen) atoms. The smallest absolute Gasteiger partial charge is 0.317 e. The van der Waals surface area contributed by atoms with E-state index in [-0.39, 0.29) is 13.2 Å². The normalized spacial score (nSPS) is 10.4. The Bertz CT molecular complexity index is 1090. The average Bonchev–Trinajstić information content (AvgIpc) is 2.88. The summed E-state index contributed by atoms with van der Waals surface area (Å²) in [5, 5.41) is 0. The van der Waals surface area contributed by atoms with Crippen LogP contribution in [-0.4, -0.2) is 11.9 Å². The number of rotatable bonds is 8. The van der Waals surface area contributed by atoms with Crippen molar-refractivity contribution in [3.05, 3.63) is 120 Å². The fraction of sp³-hybridized carbons (Fsp3) is 0.103. The van der Waals surface area contributed by atoms with Crippen molar-refractivity contribution in [2.45, 2.75) is 19.6 Å². The van der Waals surface area contributed by atoms with Gasteiger partial charge in [0.25, 0.3) is 0 Å². The first-order valence-electron chi connectivity index (χ1n) is 10.8. The molecule has 0 unspecified atom stereocenters. The predicted molar refractivity (Wildman–Crippen MR) is 128 cm³/mol. The van der Waals surface area contributed by atoms with Gasteiger partial charge in [0.1, 0.15) is 19.6 Å². The summed E-state index contributed by atoms with van der Waals surface area (Å²) in [6.45, 7) is 0.226. The van der Waals surface area contributed by atoms with E-state index in [1.807, 2.05) is 109 Å². The first kappa shape index (κ1) is 22.0. The number of ether oxygens (including phenoxy) is 2. The number of esters is 2. The number of carbonyl (C=O) groups is 2. The van der Waals surface area contributed by atoms with E-state index in [0.717, 1.165) is 33.4 Å². The van der Waals surface area contributed by atoms with Crippen LogP contribution in [0.15, 0.2) is 109 Å². The third-order valence-electron chi connectivity index (χ3n) is 5.21. The Morgan fingerprint density at radius 3 is 1.15 bits per heavy atom. The van der Waals surface area contributed by atoms with Gasteiger partial charge in [-0.25, -0.2) is 0 Å². The van der Waals surface area contributed by atoms with Crippen molar-refractivity contribution in [3.8, 4) is 22.3 Å². The fourth-order valence-corrected chi connectivity index (χ4v) is 3.40. The largest absolute Gasteiger partial charge is 0.460 e. The van der Waals surface area contributed by atoms with Crippen LogP contribution in [0.3, 0.4) is 0 Å². The summed E-state index contributed by atoms with van der Waals surface area (Å²) in [4.78, 5) is 24.0. The summed E-state index contributed by atoms with van der Waals surface area (Å²) in [5.74, 6) is -1.21. The maximum Gasteiger partial charge on any atom is 0.317 e. The molecule has 0 heterocycles. The van der Waals surface area contributed by atoms with Gasteiger partial charge >= 0.3 is 11.9 Å². The van der Waals surface area contributed by atoms with E-state index in [9.17, 15) is 9.59 Å². The van der Waals surface area contributed by atoms with Gasteiger partial charge in [-0.1, -0.05) is 109 Å². The topological polar surface area (TPSA) is 52.6 Å². The average molecular weight is 437 g/mol. The molecule has 4 heteroatoms. The molecule has 0 bridgehead atoms. The Labute approximate surface area is 193 Å². The van der Waals surface area contributed by atoms with Gasteiger partial charge < -0.3 is 9.47 Å². The number of benzene rings is 4. The summed E-state index contributed by atoms with van der Waals surface area (Å²) in [6.07, 6.45) is -0.413. The number of hydrogen-bond acceptors (Lipinski definition) is 4. The molecule has 4 aromatic rings. The standard InChI is InChI=1S/C29H24O4/c30-28(32-20-22-11-15-26(16-12-22)24-7-3-1-4-8-24)19-29(31)33-21-23-13-17-27(18-14-23)25-9-5-2-6-10-25/h1-18H,19-21H2. The minimum atomic E-state index is -0.605. The summed E-state index contributed by atoms with van der Waals surface area (Å²) in [6, 6.07) is 35.6. The second-order valence-electron chi connectivity index (χ2n) is 7.62. The fourth-order valence-electron chi connectivity index (χ4n) is 3.40. The van der Waals surface area contributed by atoms with Gasteiger partial charge in [-0.15, -0.1) is 0 Å². The van der Waals surface area contributed by atoms with E-state index < -0.39 is 18.4 Å². The molecule has 0 atom stereocenters. The molecule has 0 saturated carbocycles. The third-order valence-corrected chi connectivity index (χ3v) is 5.21. The third kappa shape index (κ3) is 6.40. The molecule has 0 aliphatic heterocycles. The summed E-state index contributed by atoms with van der Waals surface area (Å²) in [5.41, 5.74) is 6.14. The van der Waals surface area contributed by atoms with E-state index in [0.29, 0.717) is 0 Å². The van der Waals surface area contributed by atoms with E-state index >= 15 is 0 Å². The first-order valence-corrected chi connectivity index (χ1v) is 10.8. The molecule has 4 aromatic carbocycles. The predicted octanol–water partition coefficient (Wildman–Crippen LogP) is 6.20. The summed E-state index contributed by atoms with van der Waals surface area (Å²) < 4.78 is 10.4. The molecule has 4 rings (SSSR count). The zero-order valence-electron chi connectivity index (χ0n) is 18.1. The molecule has 0 saturated heterocycles. The minimum absolute atomic E-state index is 0.113. The Balaban J connectivity index is 1.20. The molecule has 164 valence electrons. The quantitative estimate of drug-likeness (QED) is 0.244. The zero-order valence-corrected chi connectivity index (χ0v) is 18.1. The van der Waals surface area contributed by atoms with Crippen LogP contribution < -0.4 is 0 Å². The van der Waals surface area contributed by atoms with Crippen molar-refractivity contribution in [1.82, 2.24) is 0 Å². The zero-order chi connectivity index (χ0) is 22.9. The lowest BCUT2D eigenvalue weighted by atomic mass is 10.0. The summed E-state index contributed by atoms with van der Waals surface area (Å²) >= 11 is 0. The molecule has 0 amide bonds. The van der Waals surface area contributed by atoms with Crippen LogP contribution in [-0.2, 0) is 32.3 Å². The van der Waals surface area contributed by atoms with Gasteiger partial charge in [0.2, 0.25) is 0 Å². The Morgan fingerprint density at radius 2 is 0.788 bits per heavy atom. The molecule has 0 fully saturated rings. The number of carbonyl (C=O) groups excluding carboxylic acids is 2. The Hall–Kier alpha value is -4.18. The lowest BCUT2D eigenvalue weighted by Crippen LogP contribution is -2.13. The van der Waals surface area contributed by atoms with Crippen molar-refractivity contribution < 1.29 is 19.1 Å². The van der Waals surface area contributed by atoms with Gasteiger partial charge in [-0.3, -0.25) is 9.59 Å². The van der Waals surface area contributed by atoms with Crippen molar-refractivity contribution in [3.63, 3.8) is 0 Å². The molecule has 0 aliphatic carbocycles. The van der Waals surface area contributed by atoms with Gasteiger partial charge in [-0.2, -0.15) is 0 Å². The summed E-state index contributed by atoms with van der Waals surface area (Å²) in [7, 11) is 0. The second-order valence-corrected chi connectivity index (χ2v) is 7.62. The van der Waals surface area contributed by atoms with Gasteiger partial charge in [-0.05, 0) is 33.4 Å². The van der Waals surface area contributed by atoms with E-state index in [1.54, 1.807) is 0 Å². The van der Waals surface area contributed by atoms with Crippen LogP contribution in [0, 0.1) is 0 Å². The minimum Gasteiger partial charge on any atom is -0.460 e. The highest BCUT2D eigenvalue weighted by Gasteiger charge is 2.13. The molecule has 4 nitrogen and oxygen atoms in total. The monoisotopic (exact) mass is 436 g/mol. The Morgan fingerprint density at radius 1 is 0.455 bits per heavy atom. The molecular formula is C29H24O4. The molecule has 0 spiro atoms. The Kier molecular flexibility index (Phi) is 7.29. The SMILES string of the molecule is O=C(CC(=O)OCc1ccc(-c2ccccc2)cc1)OCc1ccc(-c2ccccc2)cc1. The second kappa shape index (κ2) is 10.9. The molecule has 0 aliphatic rings. The molecular weight excluding hydrogens is 412 g/mol. The van der Waals surface area contributed by atoms with Gasteiger partial charge in [0.15, 0.2) is 0 Å². The van der Waals surface area contributed by atoms with Crippen LogP contribution in [0.1, 0.15) is 17.5 Å². The highest BCUT2D eigenvalue weighted by Crippen LogP contribution is 2.20. The maximum atomic E-state index is 12.0.